The van der Waals surface area contributed by atoms with E-state index in [0.717, 1.165) is 25.7 Å². The Hall–Kier alpha value is -0.770. The Morgan fingerprint density at radius 2 is 1.95 bits per heavy atom. The number of nitrogens with zero attached hydrogens (tertiary/aromatic N) is 1. The van der Waals surface area contributed by atoms with Crippen molar-refractivity contribution in [3.05, 3.63) is 33.8 Å². The van der Waals surface area contributed by atoms with Crippen molar-refractivity contribution in [1.82, 2.24) is 4.90 Å². The van der Waals surface area contributed by atoms with E-state index >= 15 is 0 Å². The van der Waals surface area contributed by atoms with Crippen LogP contribution in [0.5, 0.6) is 0 Å². The third-order valence-electron chi connectivity index (χ3n) is 3.95. The van der Waals surface area contributed by atoms with E-state index < -0.39 is 0 Å². The maximum absolute atomic E-state index is 12.7. The van der Waals surface area contributed by atoms with Crippen LogP contribution in [0.25, 0.3) is 0 Å². The van der Waals surface area contributed by atoms with Crippen LogP contribution in [0, 0.1) is 0 Å². The number of carbonyl (C=O) groups excluding carboxylic acids is 1. The molecule has 1 amide bonds. The van der Waals surface area contributed by atoms with Crippen molar-refractivity contribution in [3.63, 3.8) is 0 Å². The lowest BCUT2D eigenvalue weighted by atomic mass is 9.90. The van der Waals surface area contributed by atoms with Gasteiger partial charge in [-0.2, -0.15) is 0 Å². The highest BCUT2D eigenvalue weighted by Gasteiger charge is 2.28. The van der Waals surface area contributed by atoms with Crippen LogP contribution < -0.4 is 5.73 Å². The van der Waals surface area contributed by atoms with Crippen LogP contribution in [0.3, 0.4) is 0 Å². The summed E-state index contributed by atoms with van der Waals surface area (Å²) in [6.07, 6.45) is 3.88. The first-order chi connectivity index (χ1) is 9.52. The number of carbonyl (C=O) groups is 1. The molecule has 2 N–H and O–H groups in total. The fourth-order valence-electron chi connectivity index (χ4n) is 2.80. The molecule has 1 aromatic rings. The zero-order valence-electron chi connectivity index (χ0n) is 11.6. The maximum atomic E-state index is 12.7. The molecule has 3 nitrogen and oxygen atoms in total. The van der Waals surface area contributed by atoms with Crippen LogP contribution >= 0.6 is 23.2 Å². The third-order valence-corrected chi connectivity index (χ3v) is 4.49. The summed E-state index contributed by atoms with van der Waals surface area (Å²) in [5, 5.41) is 0.951. The Bertz CT molecular complexity index is 485. The summed E-state index contributed by atoms with van der Waals surface area (Å²) in [5.74, 6) is -0.0189. The van der Waals surface area contributed by atoms with E-state index in [2.05, 4.69) is 0 Å². The largest absolute Gasteiger partial charge is 0.336 e. The Morgan fingerprint density at radius 1 is 1.30 bits per heavy atom. The predicted octanol–water partition coefficient (Wildman–Crippen LogP) is 3.73. The van der Waals surface area contributed by atoms with E-state index in [-0.39, 0.29) is 18.0 Å². The van der Waals surface area contributed by atoms with Gasteiger partial charge in [-0.25, -0.2) is 0 Å². The Morgan fingerprint density at radius 3 is 2.50 bits per heavy atom. The van der Waals surface area contributed by atoms with Crippen molar-refractivity contribution in [3.8, 4) is 0 Å². The van der Waals surface area contributed by atoms with Crippen molar-refractivity contribution < 1.29 is 4.79 Å². The smallest absolute Gasteiger partial charge is 0.255 e. The molecule has 0 bridgehead atoms. The van der Waals surface area contributed by atoms with Gasteiger partial charge in [-0.3, -0.25) is 4.79 Å². The average molecular weight is 315 g/mol. The molecule has 0 aliphatic heterocycles. The Labute approximate surface area is 130 Å². The van der Waals surface area contributed by atoms with E-state index in [1.807, 2.05) is 11.8 Å². The number of benzene rings is 1. The summed E-state index contributed by atoms with van der Waals surface area (Å²) in [5.41, 5.74) is 6.45. The van der Waals surface area contributed by atoms with Gasteiger partial charge in [-0.05, 0) is 50.8 Å². The average Bonchev–Trinajstić information content (AvgIpc) is 2.41. The van der Waals surface area contributed by atoms with Gasteiger partial charge < -0.3 is 10.6 Å². The molecular weight excluding hydrogens is 295 g/mol. The second kappa shape index (κ2) is 6.79. The normalized spacial score (nSPS) is 22.6. The van der Waals surface area contributed by atoms with Gasteiger partial charge in [-0.15, -0.1) is 0 Å². The second-order valence-electron chi connectivity index (χ2n) is 5.28. The first-order valence-electron chi connectivity index (χ1n) is 7.04. The van der Waals surface area contributed by atoms with E-state index in [0.29, 0.717) is 22.2 Å². The van der Waals surface area contributed by atoms with Gasteiger partial charge in [-0.1, -0.05) is 23.2 Å². The third kappa shape index (κ3) is 3.46. The zero-order chi connectivity index (χ0) is 14.7. The number of nitrogens with two attached hydrogens (primary N) is 1. The van der Waals surface area contributed by atoms with Gasteiger partial charge in [0.15, 0.2) is 0 Å². The molecule has 110 valence electrons. The number of halogens is 2. The van der Waals surface area contributed by atoms with Gasteiger partial charge in [0.1, 0.15) is 0 Å². The van der Waals surface area contributed by atoms with Crippen molar-refractivity contribution in [1.29, 1.82) is 0 Å². The molecule has 0 heterocycles. The number of rotatable bonds is 3. The van der Waals surface area contributed by atoms with Crippen molar-refractivity contribution in [2.24, 2.45) is 5.73 Å². The number of hydrogen-bond acceptors (Lipinski definition) is 2. The van der Waals surface area contributed by atoms with E-state index in [1.54, 1.807) is 18.2 Å². The van der Waals surface area contributed by atoms with E-state index in [9.17, 15) is 4.79 Å². The number of amides is 1. The molecule has 1 aliphatic carbocycles. The molecule has 0 spiro atoms. The van der Waals surface area contributed by atoms with Crippen LogP contribution in [0.1, 0.15) is 43.0 Å². The summed E-state index contributed by atoms with van der Waals surface area (Å²) >= 11 is 12.0. The SMILES string of the molecule is CCN(C(=O)c1ccc(Cl)cc1Cl)C1CCC(N)CC1. The molecule has 0 atom stereocenters. The minimum Gasteiger partial charge on any atom is -0.336 e. The first kappa shape index (κ1) is 15.6. The fourth-order valence-corrected chi connectivity index (χ4v) is 3.29. The van der Waals surface area contributed by atoms with Gasteiger partial charge in [0.2, 0.25) is 0 Å². The number of hydrogen-bond donors (Lipinski definition) is 1. The summed E-state index contributed by atoms with van der Waals surface area (Å²) in [7, 11) is 0. The van der Waals surface area contributed by atoms with Crippen LogP contribution in [0.4, 0.5) is 0 Å². The fraction of sp³-hybridized carbons (Fsp3) is 0.533. The maximum Gasteiger partial charge on any atom is 0.255 e. The summed E-state index contributed by atoms with van der Waals surface area (Å²) in [4.78, 5) is 14.6. The molecule has 1 aromatic carbocycles. The molecule has 20 heavy (non-hydrogen) atoms. The van der Waals surface area contributed by atoms with E-state index in [4.69, 9.17) is 28.9 Å². The molecule has 1 saturated carbocycles. The lowest BCUT2D eigenvalue weighted by Gasteiger charge is -2.35. The molecule has 2 rings (SSSR count). The highest BCUT2D eigenvalue weighted by molar-refractivity contribution is 6.36. The van der Waals surface area contributed by atoms with Crippen LogP contribution in [0.15, 0.2) is 18.2 Å². The standard InChI is InChI=1S/C15H20Cl2N2O/c1-2-19(12-6-4-11(18)5-7-12)15(20)13-8-3-10(16)9-14(13)17/h3,8-9,11-12H,2,4-7,18H2,1H3. The molecule has 0 radical (unpaired) electrons. The quantitative estimate of drug-likeness (QED) is 0.924. The topological polar surface area (TPSA) is 46.3 Å². The molecule has 0 saturated heterocycles. The minimum atomic E-state index is -0.0189. The second-order valence-corrected chi connectivity index (χ2v) is 6.13. The Balaban J connectivity index is 2.16. The Kier molecular flexibility index (Phi) is 5.30. The lowest BCUT2D eigenvalue weighted by molar-refractivity contribution is 0.0641. The van der Waals surface area contributed by atoms with Crippen LogP contribution in [-0.2, 0) is 0 Å². The van der Waals surface area contributed by atoms with Crippen molar-refractivity contribution in [2.45, 2.75) is 44.7 Å². The molecule has 5 heteroatoms. The van der Waals surface area contributed by atoms with Crippen molar-refractivity contribution >= 4 is 29.1 Å². The van der Waals surface area contributed by atoms with Crippen LogP contribution in [0.2, 0.25) is 10.0 Å². The van der Waals surface area contributed by atoms with Gasteiger partial charge in [0.05, 0.1) is 10.6 Å². The van der Waals surface area contributed by atoms with E-state index in [1.165, 1.54) is 0 Å². The first-order valence-corrected chi connectivity index (χ1v) is 7.80. The summed E-state index contributed by atoms with van der Waals surface area (Å²) in [6.45, 7) is 2.67. The highest BCUT2D eigenvalue weighted by atomic mass is 35.5. The van der Waals surface area contributed by atoms with Crippen molar-refractivity contribution in [2.75, 3.05) is 6.54 Å². The predicted molar refractivity (Wildman–Crippen MR) is 83.4 cm³/mol. The van der Waals surface area contributed by atoms with Gasteiger partial charge >= 0.3 is 0 Å². The minimum absolute atomic E-state index is 0.0189. The summed E-state index contributed by atoms with van der Waals surface area (Å²) in [6, 6.07) is 5.55. The van der Waals surface area contributed by atoms with Gasteiger partial charge in [0, 0.05) is 23.7 Å². The highest BCUT2D eigenvalue weighted by Crippen LogP contribution is 2.27. The molecule has 1 aliphatic rings. The molecular formula is C15H20Cl2N2O. The molecule has 1 fully saturated rings. The monoisotopic (exact) mass is 314 g/mol. The van der Waals surface area contributed by atoms with Crippen LogP contribution in [-0.4, -0.2) is 29.4 Å². The molecule has 0 aromatic heterocycles. The summed E-state index contributed by atoms with van der Waals surface area (Å²) < 4.78 is 0. The van der Waals surface area contributed by atoms with Gasteiger partial charge in [0.25, 0.3) is 5.91 Å². The lowest BCUT2D eigenvalue weighted by Crippen LogP contribution is -2.44. The molecule has 0 unspecified atom stereocenters. The zero-order valence-corrected chi connectivity index (χ0v) is 13.1.